The molecule has 1 N–H and O–H groups in total. The Morgan fingerprint density at radius 1 is 1.03 bits per heavy atom. The van der Waals surface area contributed by atoms with Crippen molar-refractivity contribution in [1.29, 1.82) is 0 Å². The minimum absolute atomic E-state index is 0.0106. The Kier molecular flexibility index (Phi) is 5.56. The Morgan fingerprint density at radius 3 is 2.19 bits per heavy atom. The minimum atomic E-state index is -2.80. The molecule has 0 atom stereocenters. The van der Waals surface area contributed by atoms with E-state index < -0.39 is 24.3 Å². The van der Waals surface area contributed by atoms with E-state index in [9.17, 15) is 23.2 Å². The maximum Gasteiger partial charge on any atom is 0.337 e. The standard InChI is InChI=1S/C21H18F2N4O5/c1-31-20(29)11-5-12(21(30)32-2)7-13(6-11)24-19(28)15-9-17-25-14(10-3-4-10)8-16(18(22)23)27(17)26-15/h5-10,18H,3-4H2,1-2H3,(H,24,28). The maximum atomic E-state index is 13.5. The number of carbonyl (C=O) groups excluding carboxylic acids is 3. The number of hydrogen-bond donors (Lipinski definition) is 1. The lowest BCUT2D eigenvalue weighted by atomic mass is 10.1. The van der Waals surface area contributed by atoms with Gasteiger partial charge in [0.25, 0.3) is 12.3 Å². The van der Waals surface area contributed by atoms with E-state index in [0.29, 0.717) is 5.69 Å². The molecule has 9 nitrogen and oxygen atoms in total. The molecular weight excluding hydrogens is 426 g/mol. The van der Waals surface area contributed by atoms with Gasteiger partial charge in [0.1, 0.15) is 5.69 Å². The lowest BCUT2D eigenvalue weighted by Gasteiger charge is -2.08. The van der Waals surface area contributed by atoms with Crippen molar-refractivity contribution in [3.63, 3.8) is 0 Å². The van der Waals surface area contributed by atoms with Crippen molar-refractivity contribution in [2.45, 2.75) is 25.2 Å². The van der Waals surface area contributed by atoms with Crippen molar-refractivity contribution >= 4 is 29.2 Å². The fourth-order valence-electron chi connectivity index (χ4n) is 3.24. The van der Waals surface area contributed by atoms with E-state index in [2.05, 4.69) is 24.9 Å². The first kappa shape index (κ1) is 21.3. The number of aromatic nitrogens is 3. The summed E-state index contributed by atoms with van der Waals surface area (Å²) in [6.07, 6.45) is -1.04. The molecule has 4 rings (SSSR count). The highest BCUT2D eigenvalue weighted by Crippen LogP contribution is 2.40. The number of benzene rings is 1. The third kappa shape index (κ3) is 4.13. The molecule has 1 saturated carbocycles. The highest BCUT2D eigenvalue weighted by atomic mass is 19.3. The number of ether oxygens (including phenoxy) is 2. The Morgan fingerprint density at radius 2 is 1.66 bits per heavy atom. The Balaban J connectivity index is 1.68. The smallest absolute Gasteiger partial charge is 0.337 e. The fraction of sp³-hybridized carbons (Fsp3) is 0.286. The number of nitrogens with zero attached hydrogens (tertiary/aromatic N) is 3. The van der Waals surface area contributed by atoms with E-state index in [-0.39, 0.29) is 39.8 Å². The van der Waals surface area contributed by atoms with E-state index in [1.54, 1.807) is 0 Å². The first-order valence-electron chi connectivity index (χ1n) is 9.62. The summed E-state index contributed by atoms with van der Waals surface area (Å²) in [5, 5.41) is 6.49. The van der Waals surface area contributed by atoms with Crippen LogP contribution in [0.3, 0.4) is 0 Å². The molecule has 3 aromatic rings. The number of alkyl halides is 2. The summed E-state index contributed by atoms with van der Waals surface area (Å²) in [7, 11) is 2.34. The predicted molar refractivity (Wildman–Crippen MR) is 107 cm³/mol. The average molecular weight is 444 g/mol. The average Bonchev–Trinajstić information content (AvgIpc) is 3.55. The zero-order valence-corrected chi connectivity index (χ0v) is 17.1. The molecule has 1 amide bonds. The number of hydrogen-bond acceptors (Lipinski definition) is 7. The lowest BCUT2D eigenvalue weighted by Crippen LogP contribution is -2.15. The van der Waals surface area contributed by atoms with Crippen LogP contribution in [0.1, 0.15) is 67.8 Å². The van der Waals surface area contributed by atoms with Gasteiger partial charge in [0.2, 0.25) is 0 Å². The fourth-order valence-corrected chi connectivity index (χ4v) is 3.24. The highest BCUT2D eigenvalue weighted by molar-refractivity contribution is 6.05. The Labute approximate surface area is 180 Å². The monoisotopic (exact) mass is 444 g/mol. The van der Waals surface area contributed by atoms with Gasteiger partial charge in [0.15, 0.2) is 11.3 Å². The summed E-state index contributed by atoms with van der Waals surface area (Å²) in [4.78, 5) is 40.9. The van der Waals surface area contributed by atoms with Crippen LogP contribution in [-0.4, -0.2) is 46.7 Å². The summed E-state index contributed by atoms with van der Waals surface area (Å²) in [6.45, 7) is 0. The molecular formula is C21H18F2N4O5. The minimum Gasteiger partial charge on any atom is -0.465 e. The van der Waals surface area contributed by atoms with Crippen molar-refractivity contribution in [1.82, 2.24) is 14.6 Å². The molecule has 1 aliphatic rings. The summed E-state index contributed by atoms with van der Waals surface area (Å²) < 4.78 is 37.4. The first-order valence-corrected chi connectivity index (χ1v) is 9.62. The number of amides is 1. The van der Waals surface area contributed by atoms with Gasteiger partial charge < -0.3 is 14.8 Å². The molecule has 1 aliphatic carbocycles. The molecule has 0 unspecified atom stereocenters. The van der Waals surface area contributed by atoms with Crippen LogP contribution in [0.2, 0.25) is 0 Å². The molecule has 32 heavy (non-hydrogen) atoms. The lowest BCUT2D eigenvalue weighted by molar-refractivity contribution is 0.0598. The molecule has 0 bridgehead atoms. The molecule has 166 valence electrons. The molecule has 2 aromatic heterocycles. The van der Waals surface area contributed by atoms with Crippen molar-refractivity contribution in [2.24, 2.45) is 0 Å². The first-order chi connectivity index (χ1) is 15.3. The van der Waals surface area contributed by atoms with Crippen LogP contribution < -0.4 is 5.32 Å². The summed E-state index contributed by atoms with van der Waals surface area (Å²) in [5.41, 5.74) is 0.289. The van der Waals surface area contributed by atoms with E-state index in [1.807, 2.05) is 0 Å². The number of methoxy groups -OCH3 is 2. The van der Waals surface area contributed by atoms with Crippen LogP contribution in [0, 0.1) is 0 Å². The van der Waals surface area contributed by atoms with Gasteiger partial charge in [-0.2, -0.15) is 5.10 Å². The Hall–Kier alpha value is -3.89. The molecule has 11 heteroatoms. The SMILES string of the molecule is COC(=O)c1cc(NC(=O)c2cc3nc(C4CC4)cc(C(F)F)n3n2)cc(C(=O)OC)c1. The molecule has 0 spiro atoms. The number of rotatable bonds is 6. The number of nitrogens with one attached hydrogen (secondary N) is 1. The molecule has 0 saturated heterocycles. The normalized spacial score (nSPS) is 13.3. The molecule has 1 fully saturated rings. The van der Waals surface area contributed by atoms with Crippen molar-refractivity contribution in [3.05, 3.63) is 58.5 Å². The molecule has 1 aromatic carbocycles. The van der Waals surface area contributed by atoms with Crippen LogP contribution in [0.5, 0.6) is 0 Å². The molecule has 2 heterocycles. The quantitative estimate of drug-likeness (QED) is 0.580. The van der Waals surface area contributed by atoms with E-state index >= 15 is 0 Å². The van der Waals surface area contributed by atoms with Gasteiger partial charge in [-0.1, -0.05) is 0 Å². The van der Waals surface area contributed by atoms with E-state index in [0.717, 1.165) is 17.4 Å². The van der Waals surface area contributed by atoms with Crippen molar-refractivity contribution in [2.75, 3.05) is 19.5 Å². The van der Waals surface area contributed by atoms with Crippen LogP contribution in [0.15, 0.2) is 30.3 Å². The van der Waals surface area contributed by atoms with Gasteiger partial charge in [-0.15, -0.1) is 0 Å². The van der Waals surface area contributed by atoms with Crippen LogP contribution in [-0.2, 0) is 9.47 Å². The van der Waals surface area contributed by atoms with E-state index in [1.165, 1.54) is 44.6 Å². The number of carbonyl (C=O) groups is 3. The second-order valence-electron chi connectivity index (χ2n) is 7.22. The van der Waals surface area contributed by atoms with Gasteiger partial charge in [0.05, 0.1) is 25.3 Å². The topological polar surface area (TPSA) is 112 Å². The third-order valence-corrected chi connectivity index (χ3v) is 4.96. The molecule has 0 radical (unpaired) electrons. The zero-order chi connectivity index (χ0) is 23.0. The van der Waals surface area contributed by atoms with Crippen LogP contribution in [0.4, 0.5) is 14.5 Å². The number of fused-ring (bicyclic) bond motifs is 1. The van der Waals surface area contributed by atoms with Crippen LogP contribution in [0.25, 0.3) is 5.65 Å². The van der Waals surface area contributed by atoms with Crippen molar-refractivity contribution in [3.8, 4) is 0 Å². The van der Waals surface area contributed by atoms with Crippen molar-refractivity contribution < 1.29 is 32.6 Å². The second-order valence-corrected chi connectivity index (χ2v) is 7.22. The summed E-state index contributed by atoms with van der Waals surface area (Å²) in [6, 6.07) is 6.49. The largest absolute Gasteiger partial charge is 0.465 e. The zero-order valence-electron chi connectivity index (χ0n) is 17.1. The maximum absolute atomic E-state index is 13.5. The summed E-state index contributed by atoms with van der Waals surface area (Å²) in [5.74, 6) is -2.04. The number of esters is 2. The van der Waals surface area contributed by atoms with Gasteiger partial charge in [-0.3, -0.25) is 4.79 Å². The van der Waals surface area contributed by atoms with Gasteiger partial charge in [-0.05, 0) is 37.1 Å². The van der Waals surface area contributed by atoms with Gasteiger partial charge in [-0.25, -0.2) is 27.9 Å². The second kappa shape index (κ2) is 8.33. The van der Waals surface area contributed by atoms with E-state index in [4.69, 9.17) is 0 Å². The molecule has 0 aliphatic heterocycles. The number of anilines is 1. The van der Waals surface area contributed by atoms with Gasteiger partial charge >= 0.3 is 11.9 Å². The highest BCUT2D eigenvalue weighted by Gasteiger charge is 2.28. The Bertz CT molecular complexity index is 1200. The summed E-state index contributed by atoms with van der Waals surface area (Å²) >= 11 is 0. The third-order valence-electron chi connectivity index (χ3n) is 4.96. The predicted octanol–water partition coefficient (Wildman–Crippen LogP) is 3.37. The van der Waals surface area contributed by atoms with Gasteiger partial charge in [0, 0.05) is 23.4 Å². The van der Waals surface area contributed by atoms with Crippen LogP contribution >= 0.6 is 0 Å². The number of halogens is 2.